The Kier molecular flexibility index (Phi) is 6.30. The monoisotopic (exact) mass is 298 g/mol. The molecule has 1 aromatic rings. The van der Waals surface area contributed by atoms with Crippen LogP contribution in [0.15, 0.2) is 40.9 Å². The summed E-state index contributed by atoms with van der Waals surface area (Å²) in [5.74, 6) is 1.36. The molecule has 0 fully saturated rings. The third kappa shape index (κ3) is 5.89. The molecule has 17 heavy (non-hydrogen) atoms. The van der Waals surface area contributed by atoms with E-state index in [4.69, 9.17) is 4.74 Å². The van der Waals surface area contributed by atoms with Gasteiger partial charge in [0.2, 0.25) is 0 Å². The molecule has 0 unspecified atom stereocenters. The molecule has 0 aliphatic carbocycles. The Balaban J connectivity index is 2.47. The maximum absolute atomic E-state index is 9.23. The zero-order valence-corrected chi connectivity index (χ0v) is 11.9. The minimum Gasteiger partial charge on any atom is -0.493 e. The van der Waals surface area contributed by atoms with E-state index in [0.29, 0.717) is 12.5 Å². The lowest BCUT2D eigenvalue weighted by Gasteiger charge is -2.12. The van der Waals surface area contributed by atoms with Gasteiger partial charge in [-0.15, -0.1) is 0 Å². The van der Waals surface area contributed by atoms with E-state index in [0.717, 1.165) is 10.2 Å². The molecule has 1 atom stereocenters. The van der Waals surface area contributed by atoms with Crippen molar-refractivity contribution in [2.45, 2.75) is 13.8 Å². The fourth-order valence-electron chi connectivity index (χ4n) is 1.31. The van der Waals surface area contributed by atoms with Gasteiger partial charge < -0.3 is 9.84 Å². The van der Waals surface area contributed by atoms with Crippen molar-refractivity contribution in [2.24, 2.45) is 11.8 Å². The summed E-state index contributed by atoms with van der Waals surface area (Å²) >= 11 is 3.39. The summed E-state index contributed by atoms with van der Waals surface area (Å²) in [5.41, 5.74) is 0. The van der Waals surface area contributed by atoms with E-state index in [1.54, 1.807) is 0 Å². The molecule has 1 rings (SSSR count). The fraction of sp³-hybridized carbons (Fsp3) is 0.429. The van der Waals surface area contributed by atoms with Crippen LogP contribution < -0.4 is 4.74 Å². The number of allylic oxidation sites excluding steroid dienone is 1. The zero-order valence-electron chi connectivity index (χ0n) is 10.3. The van der Waals surface area contributed by atoms with E-state index >= 15 is 0 Å². The largest absolute Gasteiger partial charge is 0.493 e. The first-order chi connectivity index (χ1) is 8.11. The van der Waals surface area contributed by atoms with Crippen LogP contribution in [0.25, 0.3) is 0 Å². The minimum absolute atomic E-state index is 0.0522. The van der Waals surface area contributed by atoms with Crippen LogP contribution in [-0.2, 0) is 0 Å². The number of hydrogen-bond donors (Lipinski definition) is 1. The smallest absolute Gasteiger partial charge is 0.120 e. The zero-order chi connectivity index (χ0) is 12.7. The molecule has 0 aliphatic heterocycles. The van der Waals surface area contributed by atoms with Crippen LogP contribution in [0.4, 0.5) is 0 Å². The van der Waals surface area contributed by atoms with Gasteiger partial charge in [0.15, 0.2) is 0 Å². The predicted molar refractivity (Wildman–Crippen MR) is 74.2 cm³/mol. The molecule has 0 saturated carbocycles. The Morgan fingerprint density at radius 3 is 2.71 bits per heavy atom. The molecule has 0 saturated heterocycles. The van der Waals surface area contributed by atoms with Crippen LogP contribution in [-0.4, -0.2) is 18.3 Å². The highest BCUT2D eigenvalue weighted by Crippen LogP contribution is 2.18. The van der Waals surface area contributed by atoms with Crippen LogP contribution in [0.1, 0.15) is 13.8 Å². The van der Waals surface area contributed by atoms with Crippen LogP contribution >= 0.6 is 15.9 Å². The molecule has 0 aliphatic rings. The van der Waals surface area contributed by atoms with Gasteiger partial charge in [-0.2, -0.15) is 0 Å². The van der Waals surface area contributed by atoms with Crippen molar-refractivity contribution < 1.29 is 9.84 Å². The number of hydrogen-bond acceptors (Lipinski definition) is 2. The molecule has 0 bridgehead atoms. The molecule has 0 radical (unpaired) electrons. The summed E-state index contributed by atoms with van der Waals surface area (Å²) < 4.78 is 6.62. The summed E-state index contributed by atoms with van der Waals surface area (Å²) in [6, 6.07) is 7.71. The number of rotatable bonds is 6. The van der Waals surface area contributed by atoms with Gasteiger partial charge in [0, 0.05) is 10.4 Å². The average Bonchev–Trinajstić information content (AvgIpc) is 2.29. The highest BCUT2D eigenvalue weighted by molar-refractivity contribution is 9.10. The molecule has 94 valence electrons. The Bertz CT molecular complexity index is 361. The van der Waals surface area contributed by atoms with Gasteiger partial charge >= 0.3 is 0 Å². The van der Waals surface area contributed by atoms with Crippen LogP contribution in [0.3, 0.4) is 0 Å². The highest BCUT2D eigenvalue weighted by atomic mass is 79.9. The second kappa shape index (κ2) is 7.51. The second-order valence-electron chi connectivity index (χ2n) is 4.34. The number of aliphatic hydroxyl groups is 1. The van der Waals surface area contributed by atoms with Crippen LogP contribution in [0.5, 0.6) is 5.75 Å². The Morgan fingerprint density at radius 2 is 2.12 bits per heavy atom. The topological polar surface area (TPSA) is 29.5 Å². The first-order valence-electron chi connectivity index (χ1n) is 5.79. The number of benzene rings is 1. The van der Waals surface area contributed by atoms with E-state index in [-0.39, 0.29) is 12.5 Å². The molecule has 0 aromatic heterocycles. The third-order valence-electron chi connectivity index (χ3n) is 2.26. The van der Waals surface area contributed by atoms with Crippen LogP contribution in [0.2, 0.25) is 0 Å². The number of aliphatic hydroxyl groups excluding tert-OH is 1. The molecular formula is C14H19BrO2. The van der Waals surface area contributed by atoms with Gasteiger partial charge in [0.25, 0.3) is 0 Å². The van der Waals surface area contributed by atoms with Crippen molar-refractivity contribution in [2.75, 3.05) is 13.2 Å². The SMILES string of the molecule is CC(C)/C=C/[C@@H](CO)COc1cccc(Br)c1. The molecule has 0 spiro atoms. The van der Waals surface area contributed by atoms with E-state index in [1.165, 1.54) is 0 Å². The highest BCUT2D eigenvalue weighted by Gasteiger charge is 2.04. The van der Waals surface area contributed by atoms with Crippen molar-refractivity contribution in [3.8, 4) is 5.75 Å². The van der Waals surface area contributed by atoms with E-state index < -0.39 is 0 Å². The van der Waals surface area contributed by atoms with E-state index in [2.05, 4.69) is 35.9 Å². The standard InChI is InChI=1S/C14H19BrO2/c1-11(2)6-7-12(9-16)10-17-14-5-3-4-13(15)8-14/h3-8,11-12,16H,9-10H2,1-2H3/b7-6+/t12-/m0/s1. The molecule has 1 aromatic carbocycles. The fourth-order valence-corrected chi connectivity index (χ4v) is 1.69. The van der Waals surface area contributed by atoms with Gasteiger partial charge in [0.05, 0.1) is 13.2 Å². The maximum Gasteiger partial charge on any atom is 0.120 e. The summed E-state index contributed by atoms with van der Waals surface area (Å²) in [7, 11) is 0. The van der Waals surface area contributed by atoms with Crippen molar-refractivity contribution in [3.05, 3.63) is 40.9 Å². The molecule has 2 nitrogen and oxygen atoms in total. The minimum atomic E-state index is 0.0522. The lowest BCUT2D eigenvalue weighted by atomic mass is 10.1. The van der Waals surface area contributed by atoms with Crippen molar-refractivity contribution in [1.29, 1.82) is 0 Å². The first kappa shape index (κ1) is 14.3. The Morgan fingerprint density at radius 1 is 1.35 bits per heavy atom. The van der Waals surface area contributed by atoms with Gasteiger partial charge in [-0.25, -0.2) is 0 Å². The lowest BCUT2D eigenvalue weighted by Crippen LogP contribution is -2.13. The van der Waals surface area contributed by atoms with Crippen molar-refractivity contribution in [1.82, 2.24) is 0 Å². The quantitative estimate of drug-likeness (QED) is 0.813. The first-order valence-corrected chi connectivity index (χ1v) is 6.58. The predicted octanol–water partition coefficient (Wildman–Crippen LogP) is 3.65. The molecule has 3 heteroatoms. The summed E-state index contributed by atoms with van der Waals surface area (Å²) in [6.45, 7) is 4.83. The maximum atomic E-state index is 9.23. The van der Waals surface area contributed by atoms with Crippen LogP contribution in [0, 0.1) is 11.8 Å². The van der Waals surface area contributed by atoms with Gasteiger partial charge in [-0.05, 0) is 24.1 Å². The molecule has 0 amide bonds. The Labute approximate surface area is 111 Å². The lowest BCUT2D eigenvalue weighted by molar-refractivity contribution is 0.190. The average molecular weight is 299 g/mol. The number of halogens is 1. The molecule has 0 heterocycles. The van der Waals surface area contributed by atoms with Gasteiger partial charge in [-0.3, -0.25) is 0 Å². The van der Waals surface area contributed by atoms with E-state index in [1.807, 2.05) is 30.3 Å². The molecular weight excluding hydrogens is 280 g/mol. The van der Waals surface area contributed by atoms with Gasteiger partial charge in [-0.1, -0.05) is 48.0 Å². The molecule has 1 N–H and O–H groups in total. The Hall–Kier alpha value is -0.800. The normalized spacial score (nSPS) is 13.2. The van der Waals surface area contributed by atoms with Crippen molar-refractivity contribution in [3.63, 3.8) is 0 Å². The summed E-state index contributed by atoms with van der Waals surface area (Å²) in [4.78, 5) is 0. The van der Waals surface area contributed by atoms with E-state index in [9.17, 15) is 5.11 Å². The van der Waals surface area contributed by atoms with Gasteiger partial charge in [0.1, 0.15) is 5.75 Å². The second-order valence-corrected chi connectivity index (χ2v) is 5.26. The third-order valence-corrected chi connectivity index (χ3v) is 2.76. The summed E-state index contributed by atoms with van der Waals surface area (Å²) in [6.07, 6.45) is 4.10. The number of ether oxygens (including phenoxy) is 1. The van der Waals surface area contributed by atoms with Crippen molar-refractivity contribution >= 4 is 15.9 Å². The summed E-state index contributed by atoms with van der Waals surface area (Å²) in [5, 5.41) is 9.23.